The Morgan fingerprint density at radius 2 is 1.66 bits per heavy atom. The van der Waals surface area contributed by atoms with Crippen LogP contribution in [-0.4, -0.2) is 22.6 Å². The first-order valence-corrected chi connectivity index (χ1v) is 12.9. The van der Waals surface area contributed by atoms with E-state index in [2.05, 4.69) is 48.3 Å². The van der Waals surface area contributed by atoms with E-state index in [0.29, 0.717) is 35.6 Å². The van der Waals surface area contributed by atoms with Gasteiger partial charge >= 0.3 is 8.25 Å². The number of aromatic nitrogens is 2. The summed E-state index contributed by atoms with van der Waals surface area (Å²) in [5, 5.41) is 7.01. The molecule has 4 heterocycles. The molecule has 2 aliphatic heterocycles. The zero-order valence-electron chi connectivity index (χ0n) is 19.5. The fourth-order valence-corrected chi connectivity index (χ4v) is 5.29. The fraction of sp³-hybridized carbons (Fsp3) is 0.583. The number of nitrogens with one attached hydrogen (secondary N) is 2. The lowest BCUT2D eigenvalue weighted by Crippen LogP contribution is -2.37. The first kappa shape index (κ1) is 23.1. The average Bonchev–Trinajstić information content (AvgIpc) is 2.72. The Labute approximate surface area is 191 Å². The molecule has 0 saturated heterocycles. The first-order valence-electron chi connectivity index (χ1n) is 11.7. The van der Waals surface area contributed by atoms with E-state index in [1.807, 2.05) is 12.1 Å². The number of hydrogen-bond acceptors (Lipinski definition) is 7. The molecule has 0 saturated carbocycles. The van der Waals surface area contributed by atoms with Crippen LogP contribution in [0.25, 0.3) is 0 Å². The molecule has 32 heavy (non-hydrogen) atoms. The van der Waals surface area contributed by atoms with Crippen molar-refractivity contribution in [1.82, 2.24) is 15.3 Å². The van der Waals surface area contributed by atoms with Gasteiger partial charge in [-0.3, -0.25) is 0 Å². The van der Waals surface area contributed by atoms with E-state index in [9.17, 15) is 4.57 Å². The molecule has 2 aliphatic rings. The van der Waals surface area contributed by atoms with E-state index in [0.717, 1.165) is 61.4 Å². The minimum Gasteiger partial charge on any atom is -0.399 e. The molecule has 0 radical (unpaired) electrons. The number of anilines is 1. The molecule has 0 aliphatic carbocycles. The van der Waals surface area contributed by atoms with Crippen molar-refractivity contribution >= 4 is 13.9 Å². The van der Waals surface area contributed by atoms with Gasteiger partial charge in [0.2, 0.25) is 11.8 Å². The molecule has 2 aromatic heterocycles. The summed E-state index contributed by atoms with van der Waals surface area (Å²) in [6.45, 7) is 10.7. The molecular formula is C24H35N4O3P. The molecule has 0 fully saturated rings. The van der Waals surface area contributed by atoms with Crippen molar-refractivity contribution in [2.24, 2.45) is 17.8 Å². The van der Waals surface area contributed by atoms with Gasteiger partial charge in [0.1, 0.15) is 0 Å². The van der Waals surface area contributed by atoms with Crippen LogP contribution in [-0.2, 0) is 24.0 Å². The standard InChI is InChI=1S/C24H35N4O3P/c1-15(2)9-17-11-22-20(26-13-17)6-8-24(28-22)31-32(29)30-23-7-5-18-14-25-19(10-16(3)4)12-21(18)27-23/h5-8,15-17,19,25-26,32H,9-14H2,1-4H3. The van der Waals surface area contributed by atoms with Crippen molar-refractivity contribution in [3.8, 4) is 11.8 Å². The molecule has 4 rings (SSSR count). The maximum Gasteiger partial charge on any atom is 0.421 e. The fourth-order valence-electron chi connectivity index (χ4n) is 4.68. The molecule has 3 unspecified atom stereocenters. The second-order valence-corrected chi connectivity index (χ2v) is 10.8. The van der Waals surface area contributed by atoms with Crippen LogP contribution in [0, 0.1) is 17.8 Å². The van der Waals surface area contributed by atoms with Gasteiger partial charge in [0, 0.05) is 37.7 Å². The monoisotopic (exact) mass is 458 g/mol. The van der Waals surface area contributed by atoms with Gasteiger partial charge < -0.3 is 19.7 Å². The predicted octanol–water partition coefficient (Wildman–Crippen LogP) is 5.01. The molecule has 0 spiro atoms. The van der Waals surface area contributed by atoms with Crippen molar-refractivity contribution in [2.45, 2.75) is 66.0 Å². The number of rotatable bonds is 8. The SMILES string of the molecule is CC(C)CC1CNc2ccc(O[PH](=O)Oc3ccc4c(n3)CC(CC(C)C)NC4)nc2C1. The maximum absolute atomic E-state index is 12.6. The Bertz CT molecular complexity index is 891. The van der Waals surface area contributed by atoms with E-state index < -0.39 is 8.25 Å². The highest BCUT2D eigenvalue weighted by Gasteiger charge is 2.23. The number of fused-ring (bicyclic) bond motifs is 2. The molecular weight excluding hydrogens is 423 g/mol. The van der Waals surface area contributed by atoms with Crippen LogP contribution >= 0.6 is 8.25 Å². The van der Waals surface area contributed by atoms with Crippen molar-refractivity contribution < 1.29 is 13.6 Å². The lowest BCUT2D eigenvalue weighted by molar-refractivity contribution is 0.384. The third-order valence-electron chi connectivity index (χ3n) is 6.01. The number of hydrogen-bond donors (Lipinski definition) is 2. The summed E-state index contributed by atoms with van der Waals surface area (Å²) >= 11 is 0. The number of nitrogens with zero attached hydrogens (tertiary/aromatic N) is 2. The van der Waals surface area contributed by atoms with Crippen molar-refractivity contribution in [3.63, 3.8) is 0 Å². The van der Waals surface area contributed by atoms with Gasteiger partial charge in [-0.05, 0) is 48.6 Å². The van der Waals surface area contributed by atoms with E-state index in [4.69, 9.17) is 9.05 Å². The zero-order chi connectivity index (χ0) is 22.7. The zero-order valence-corrected chi connectivity index (χ0v) is 20.5. The molecule has 0 bridgehead atoms. The summed E-state index contributed by atoms with van der Waals surface area (Å²) in [6, 6.07) is 7.84. The Kier molecular flexibility index (Phi) is 7.37. The van der Waals surface area contributed by atoms with Crippen molar-refractivity contribution in [2.75, 3.05) is 11.9 Å². The minimum atomic E-state index is -2.82. The highest BCUT2D eigenvalue weighted by atomic mass is 31.1. The molecule has 0 aromatic carbocycles. The lowest BCUT2D eigenvalue weighted by Gasteiger charge is -2.27. The summed E-state index contributed by atoms with van der Waals surface area (Å²) in [5.41, 5.74) is 4.16. The third-order valence-corrected chi connectivity index (χ3v) is 6.76. The first-order chi connectivity index (χ1) is 15.4. The van der Waals surface area contributed by atoms with E-state index >= 15 is 0 Å². The van der Waals surface area contributed by atoms with Gasteiger partial charge in [-0.1, -0.05) is 33.8 Å². The lowest BCUT2D eigenvalue weighted by atomic mass is 9.90. The van der Waals surface area contributed by atoms with Crippen LogP contribution in [0.5, 0.6) is 11.8 Å². The van der Waals surface area contributed by atoms with Gasteiger partial charge in [-0.25, -0.2) is 14.5 Å². The summed E-state index contributed by atoms with van der Waals surface area (Å²) in [7, 11) is -2.82. The van der Waals surface area contributed by atoms with Gasteiger partial charge in [-0.15, -0.1) is 0 Å². The maximum atomic E-state index is 12.6. The summed E-state index contributed by atoms with van der Waals surface area (Å²) in [5.74, 6) is 2.49. The van der Waals surface area contributed by atoms with Crippen LogP contribution in [0.3, 0.4) is 0 Å². The predicted molar refractivity (Wildman–Crippen MR) is 128 cm³/mol. The third kappa shape index (κ3) is 6.02. The molecule has 174 valence electrons. The van der Waals surface area contributed by atoms with Gasteiger partial charge in [0.15, 0.2) is 0 Å². The number of pyridine rings is 2. The molecule has 0 amide bonds. The molecule has 2 N–H and O–H groups in total. The van der Waals surface area contributed by atoms with E-state index in [1.54, 1.807) is 12.1 Å². The second-order valence-electron chi connectivity index (χ2n) is 9.85. The van der Waals surface area contributed by atoms with Gasteiger partial charge in [-0.2, -0.15) is 0 Å². The molecule has 2 aromatic rings. The Morgan fingerprint density at radius 1 is 0.969 bits per heavy atom. The summed E-state index contributed by atoms with van der Waals surface area (Å²) < 4.78 is 23.7. The van der Waals surface area contributed by atoms with Crippen molar-refractivity contribution in [3.05, 3.63) is 41.2 Å². The van der Waals surface area contributed by atoms with Crippen molar-refractivity contribution in [1.29, 1.82) is 0 Å². The minimum absolute atomic E-state index is 0.332. The quantitative estimate of drug-likeness (QED) is 0.538. The molecule has 7 nitrogen and oxygen atoms in total. The molecule has 8 heteroatoms. The molecule has 3 atom stereocenters. The Balaban J connectivity index is 1.37. The second kappa shape index (κ2) is 10.2. The largest absolute Gasteiger partial charge is 0.421 e. The average molecular weight is 459 g/mol. The van der Waals surface area contributed by atoms with E-state index in [-0.39, 0.29) is 0 Å². The van der Waals surface area contributed by atoms with Gasteiger partial charge in [0.25, 0.3) is 0 Å². The van der Waals surface area contributed by atoms with Crippen LogP contribution in [0.1, 0.15) is 57.5 Å². The van der Waals surface area contributed by atoms with Gasteiger partial charge in [0.05, 0.1) is 17.1 Å². The normalized spacial score (nSPS) is 20.9. The highest BCUT2D eigenvalue weighted by Crippen LogP contribution is 2.33. The Hall–Kier alpha value is -2.11. The summed E-state index contributed by atoms with van der Waals surface area (Å²) in [6.07, 6.45) is 4.00. The van der Waals surface area contributed by atoms with E-state index in [1.165, 1.54) is 0 Å². The summed E-state index contributed by atoms with van der Waals surface area (Å²) in [4.78, 5) is 9.21. The highest BCUT2D eigenvalue weighted by molar-refractivity contribution is 7.34. The van der Waals surface area contributed by atoms with Crippen LogP contribution < -0.4 is 19.7 Å². The van der Waals surface area contributed by atoms with Crippen LogP contribution in [0.4, 0.5) is 5.69 Å². The topological polar surface area (TPSA) is 85.4 Å². The van der Waals surface area contributed by atoms with Crippen LogP contribution in [0.15, 0.2) is 24.3 Å². The Morgan fingerprint density at radius 3 is 2.38 bits per heavy atom. The van der Waals surface area contributed by atoms with Crippen LogP contribution in [0.2, 0.25) is 0 Å². The smallest absolute Gasteiger partial charge is 0.399 e.